The van der Waals surface area contributed by atoms with Gasteiger partial charge in [-0.3, -0.25) is 0 Å². The van der Waals surface area contributed by atoms with E-state index in [0.717, 1.165) is 66.0 Å². The zero-order valence-electron chi connectivity index (χ0n) is 23.2. The molecule has 0 radical (unpaired) electrons. The van der Waals surface area contributed by atoms with Crippen LogP contribution < -0.4 is 14.5 Å². The molecule has 4 nitrogen and oxygen atoms in total. The first kappa shape index (κ1) is 27.4. The van der Waals surface area contributed by atoms with Crippen molar-refractivity contribution in [2.24, 2.45) is 0 Å². The summed E-state index contributed by atoms with van der Waals surface area (Å²) in [5, 5.41) is 0. The van der Waals surface area contributed by atoms with Crippen molar-refractivity contribution in [3.05, 3.63) is 109 Å². The van der Waals surface area contributed by atoms with Gasteiger partial charge in [0.2, 0.25) is 0 Å². The van der Waals surface area contributed by atoms with E-state index in [2.05, 4.69) is 23.6 Å². The molecule has 5 rings (SSSR count). The second kappa shape index (κ2) is 12.4. The fourth-order valence-electron chi connectivity index (χ4n) is 5.07. The van der Waals surface area contributed by atoms with Crippen LogP contribution in [0.2, 0.25) is 0 Å². The molecule has 0 atom stereocenters. The van der Waals surface area contributed by atoms with Gasteiger partial charge in [-0.1, -0.05) is 63.1 Å². The normalized spacial score (nSPS) is 13.7. The lowest BCUT2D eigenvalue weighted by atomic mass is 9.98. The van der Waals surface area contributed by atoms with E-state index in [1.807, 2.05) is 84.9 Å². The molecule has 1 aliphatic heterocycles. The van der Waals surface area contributed by atoms with Crippen molar-refractivity contribution in [3.8, 4) is 5.75 Å². The predicted molar refractivity (Wildman–Crippen MR) is 163 cm³/mol. The van der Waals surface area contributed by atoms with E-state index in [-0.39, 0.29) is 5.75 Å². The fraction of sp³-hybridized carbons (Fsp3) is 0.242. The molecule has 0 amide bonds. The van der Waals surface area contributed by atoms with Gasteiger partial charge in [-0.2, -0.15) is 0 Å². The molecule has 0 aromatic heterocycles. The zero-order valence-corrected chi connectivity index (χ0v) is 23.2. The third kappa shape index (κ3) is 6.04. The number of hydrogen-bond donors (Lipinski definition) is 0. The van der Waals surface area contributed by atoms with Gasteiger partial charge < -0.3 is 27.6 Å². The van der Waals surface area contributed by atoms with Gasteiger partial charge in [-0.25, -0.2) is 0 Å². The van der Waals surface area contributed by atoms with Crippen molar-refractivity contribution in [3.63, 3.8) is 0 Å². The topological polar surface area (TPSA) is 18.7 Å². The van der Waals surface area contributed by atoms with Gasteiger partial charge in [0.05, 0.1) is 11.3 Å². The molecule has 206 valence electrons. The number of fused-ring (bicyclic) bond motifs is 1. The van der Waals surface area contributed by atoms with E-state index in [1.54, 1.807) is 18.2 Å². The van der Waals surface area contributed by atoms with Crippen molar-refractivity contribution in [1.82, 2.24) is 0 Å². The molecule has 1 heterocycles. The standard InChI is InChI=1S/C33H36BF2N3O/c1-3-5-23-37(24-6-4-2)32-18-17-27-26-38(34(35,36)40-33(27)25-32)28-19-21-31(22-20-28)39(29-13-9-7-10-14-29)30-15-11-8-12-16-30/h7-22,25-26H,3-6,23-24H2,1-2H3. The monoisotopic (exact) mass is 539 g/mol. The number of unbranched alkanes of at least 4 members (excludes halogenated alkanes) is 2. The van der Waals surface area contributed by atoms with Gasteiger partial charge in [0.1, 0.15) is 6.21 Å². The molecular formula is C33H36BF2N3O. The number of benzene rings is 4. The number of halogens is 2. The minimum absolute atomic E-state index is 0.229. The second-order valence-electron chi connectivity index (χ2n) is 10.2. The predicted octanol–water partition coefficient (Wildman–Crippen LogP) is 9.09. The Morgan fingerprint density at radius 1 is 0.675 bits per heavy atom. The summed E-state index contributed by atoms with van der Waals surface area (Å²) in [6, 6.07) is 32.8. The van der Waals surface area contributed by atoms with E-state index in [1.165, 1.54) is 6.21 Å². The number of rotatable bonds is 11. The van der Waals surface area contributed by atoms with Crippen LogP contribution in [0.15, 0.2) is 103 Å². The van der Waals surface area contributed by atoms with Crippen LogP contribution >= 0.6 is 0 Å². The second-order valence-corrected chi connectivity index (χ2v) is 10.2. The van der Waals surface area contributed by atoms with Crippen LogP contribution in [0.4, 0.5) is 37.1 Å². The van der Waals surface area contributed by atoms with Crippen molar-refractivity contribution in [1.29, 1.82) is 0 Å². The van der Waals surface area contributed by atoms with Gasteiger partial charge in [0.25, 0.3) is 0 Å². The molecule has 0 saturated carbocycles. The molecule has 40 heavy (non-hydrogen) atoms. The molecule has 1 aliphatic rings. The Hall–Kier alpha value is -4.13. The van der Waals surface area contributed by atoms with E-state index in [0.29, 0.717) is 11.3 Å². The van der Waals surface area contributed by atoms with Gasteiger partial charge in [0, 0.05) is 54.0 Å². The number of para-hydroxylation sites is 2. The Labute approximate surface area is 236 Å². The fourth-order valence-corrected chi connectivity index (χ4v) is 5.07. The molecule has 0 bridgehead atoms. The van der Waals surface area contributed by atoms with Crippen LogP contribution in [0.1, 0.15) is 45.1 Å². The van der Waals surface area contributed by atoms with E-state index < -0.39 is 7.04 Å². The highest BCUT2D eigenvalue weighted by molar-refractivity contribution is 6.53. The summed E-state index contributed by atoms with van der Waals surface area (Å²) < 4.78 is 37.3. The van der Waals surface area contributed by atoms with Gasteiger partial charge >= 0.3 is 7.04 Å². The molecule has 4 aromatic rings. The number of hydrogen-bond acceptors (Lipinski definition) is 3. The van der Waals surface area contributed by atoms with E-state index in [9.17, 15) is 0 Å². The summed E-state index contributed by atoms with van der Waals surface area (Å²) in [5.74, 6) is 0.229. The van der Waals surface area contributed by atoms with Crippen molar-refractivity contribution >= 4 is 41.7 Å². The Bertz CT molecular complexity index is 1380. The maximum atomic E-state index is 15.5. The third-order valence-electron chi connectivity index (χ3n) is 7.23. The smallest absolute Gasteiger partial charge is 0.599 e. The van der Waals surface area contributed by atoms with Crippen LogP contribution in [-0.4, -0.2) is 30.8 Å². The molecule has 0 N–H and O–H groups in total. The lowest BCUT2D eigenvalue weighted by Gasteiger charge is -2.31. The van der Waals surface area contributed by atoms with Gasteiger partial charge in [0.15, 0.2) is 5.69 Å². The molecule has 0 saturated heterocycles. The molecule has 7 heteroatoms. The molecule has 0 unspecified atom stereocenters. The quantitative estimate of drug-likeness (QED) is 0.177. The Kier molecular flexibility index (Phi) is 8.49. The highest BCUT2D eigenvalue weighted by Crippen LogP contribution is 2.37. The van der Waals surface area contributed by atoms with Crippen molar-refractivity contribution < 1.29 is 17.8 Å². The van der Waals surface area contributed by atoms with Crippen LogP contribution in [0, 0.1) is 0 Å². The first-order valence-corrected chi connectivity index (χ1v) is 14.2. The van der Waals surface area contributed by atoms with Crippen LogP contribution in [0.25, 0.3) is 0 Å². The summed E-state index contributed by atoms with van der Waals surface area (Å²) in [5.41, 5.74) is 4.79. The SMILES string of the molecule is CCCCN(CCCC)c1ccc2c(c1)O[B-](F)(F)[N+](c1ccc(N(c3ccccc3)c3ccccc3)cc1)=C2. The zero-order chi connectivity index (χ0) is 28.0. The summed E-state index contributed by atoms with van der Waals surface area (Å²) in [6.07, 6.45) is 5.79. The lowest BCUT2D eigenvalue weighted by Crippen LogP contribution is -2.46. The van der Waals surface area contributed by atoms with Gasteiger partial charge in [-0.15, -0.1) is 0 Å². The Balaban J connectivity index is 1.45. The largest absolute Gasteiger partial charge is 0.834 e. The third-order valence-corrected chi connectivity index (χ3v) is 7.23. The first-order valence-electron chi connectivity index (χ1n) is 14.2. The van der Waals surface area contributed by atoms with Crippen LogP contribution in [0.3, 0.4) is 0 Å². The van der Waals surface area contributed by atoms with Crippen LogP contribution in [0.5, 0.6) is 5.75 Å². The number of nitrogens with zero attached hydrogens (tertiary/aromatic N) is 3. The van der Waals surface area contributed by atoms with Crippen molar-refractivity contribution in [2.45, 2.75) is 39.5 Å². The minimum Gasteiger partial charge on any atom is -0.599 e. The molecular weight excluding hydrogens is 503 g/mol. The molecule has 0 aliphatic carbocycles. The summed E-state index contributed by atoms with van der Waals surface area (Å²) in [7, 11) is -4.30. The Morgan fingerprint density at radius 3 is 1.75 bits per heavy atom. The average molecular weight is 539 g/mol. The average Bonchev–Trinajstić information content (AvgIpc) is 2.98. The highest BCUT2D eigenvalue weighted by Gasteiger charge is 2.50. The number of anilines is 4. The van der Waals surface area contributed by atoms with E-state index in [4.69, 9.17) is 4.65 Å². The van der Waals surface area contributed by atoms with Gasteiger partial charge in [-0.05, 0) is 61.4 Å². The molecule has 0 spiro atoms. The highest BCUT2D eigenvalue weighted by atomic mass is 19.3. The summed E-state index contributed by atoms with van der Waals surface area (Å²) >= 11 is 0. The molecule has 0 fully saturated rings. The van der Waals surface area contributed by atoms with E-state index >= 15 is 8.63 Å². The first-order chi connectivity index (χ1) is 19.5. The maximum absolute atomic E-state index is 15.5. The summed E-state index contributed by atoms with van der Waals surface area (Å²) in [6.45, 7) is 6.13. The Morgan fingerprint density at radius 2 is 1.20 bits per heavy atom. The summed E-state index contributed by atoms with van der Waals surface area (Å²) in [4.78, 5) is 4.38. The maximum Gasteiger partial charge on any atom is 0.834 e. The molecule has 4 aromatic carbocycles. The lowest BCUT2D eigenvalue weighted by molar-refractivity contribution is -0.343. The van der Waals surface area contributed by atoms with Crippen LogP contribution in [-0.2, 0) is 0 Å². The van der Waals surface area contributed by atoms with Crippen molar-refractivity contribution in [2.75, 3.05) is 22.9 Å². The minimum atomic E-state index is -4.30.